The summed E-state index contributed by atoms with van der Waals surface area (Å²) < 4.78 is 1.18. The zero-order chi connectivity index (χ0) is 13.8. The minimum atomic E-state index is 0.566. The lowest BCUT2D eigenvalue weighted by Crippen LogP contribution is -2.40. The van der Waals surface area contributed by atoms with E-state index in [9.17, 15) is 0 Å². The van der Waals surface area contributed by atoms with Gasteiger partial charge in [0.25, 0.3) is 0 Å². The molecule has 1 atom stereocenters. The highest BCUT2D eigenvalue weighted by Crippen LogP contribution is 2.25. The van der Waals surface area contributed by atoms with Gasteiger partial charge in [-0.3, -0.25) is 0 Å². The molecule has 1 unspecified atom stereocenters. The van der Waals surface area contributed by atoms with Gasteiger partial charge in [0.15, 0.2) is 0 Å². The molecule has 1 aromatic carbocycles. The Morgan fingerprint density at radius 3 is 2.84 bits per heavy atom. The highest BCUT2D eigenvalue weighted by molar-refractivity contribution is 9.10. The Kier molecular flexibility index (Phi) is 5.25. The van der Waals surface area contributed by atoms with Gasteiger partial charge in [0, 0.05) is 29.3 Å². The SMILES string of the molecule is Cc1cc(N2CCCN(C)C(CCN)C2)ccc1Br. The van der Waals surface area contributed by atoms with E-state index in [-0.39, 0.29) is 0 Å². The van der Waals surface area contributed by atoms with Gasteiger partial charge in [-0.15, -0.1) is 0 Å². The van der Waals surface area contributed by atoms with E-state index in [1.165, 1.54) is 22.1 Å². The molecule has 2 rings (SSSR count). The molecule has 4 heteroatoms. The van der Waals surface area contributed by atoms with Crippen LogP contribution in [0.1, 0.15) is 18.4 Å². The van der Waals surface area contributed by atoms with E-state index >= 15 is 0 Å². The third-order valence-electron chi connectivity index (χ3n) is 4.00. The summed E-state index contributed by atoms with van der Waals surface area (Å²) in [5.41, 5.74) is 8.38. The molecule has 2 N–H and O–H groups in total. The maximum Gasteiger partial charge on any atom is 0.0370 e. The minimum Gasteiger partial charge on any atom is -0.370 e. The summed E-state index contributed by atoms with van der Waals surface area (Å²) >= 11 is 3.57. The van der Waals surface area contributed by atoms with Crippen LogP contribution in [0.15, 0.2) is 22.7 Å². The van der Waals surface area contributed by atoms with Crippen molar-refractivity contribution in [2.45, 2.75) is 25.8 Å². The average molecular weight is 326 g/mol. The van der Waals surface area contributed by atoms with E-state index in [1.807, 2.05) is 0 Å². The molecule has 1 aliphatic heterocycles. The fourth-order valence-corrected chi connectivity index (χ4v) is 2.99. The first-order valence-corrected chi connectivity index (χ1v) is 7.82. The lowest BCUT2D eigenvalue weighted by Gasteiger charge is -2.30. The molecular weight excluding hydrogens is 302 g/mol. The second-order valence-corrected chi connectivity index (χ2v) is 6.30. The first-order chi connectivity index (χ1) is 9.11. The molecule has 1 saturated heterocycles. The van der Waals surface area contributed by atoms with Gasteiger partial charge in [0.1, 0.15) is 0 Å². The Balaban J connectivity index is 2.15. The van der Waals surface area contributed by atoms with E-state index in [4.69, 9.17) is 5.73 Å². The van der Waals surface area contributed by atoms with E-state index in [0.717, 1.165) is 32.6 Å². The highest BCUT2D eigenvalue weighted by atomic mass is 79.9. The van der Waals surface area contributed by atoms with Crippen molar-refractivity contribution in [1.29, 1.82) is 0 Å². The second-order valence-electron chi connectivity index (χ2n) is 5.44. The summed E-state index contributed by atoms with van der Waals surface area (Å²) in [5, 5.41) is 0. The normalized spacial score (nSPS) is 21.5. The summed E-state index contributed by atoms with van der Waals surface area (Å²) in [6, 6.07) is 7.20. The van der Waals surface area contributed by atoms with Crippen LogP contribution in [0.5, 0.6) is 0 Å². The monoisotopic (exact) mass is 325 g/mol. The number of hydrogen-bond donors (Lipinski definition) is 1. The van der Waals surface area contributed by atoms with Crippen LogP contribution in [0.2, 0.25) is 0 Å². The summed E-state index contributed by atoms with van der Waals surface area (Å²) in [5.74, 6) is 0. The third kappa shape index (κ3) is 3.71. The summed E-state index contributed by atoms with van der Waals surface area (Å²) in [6.07, 6.45) is 2.29. The number of nitrogens with two attached hydrogens (primary N) is 1. The lowest BCUT2D eigenvalue weighted by atomic mass is 10.1. The van der Waals surface area contributed by atoms with Crippen molar-refractivity contribution >= 4 is 21.6 Å². The van der Waals surface area contributed by atoms with Crippen molar-refractivity contribution in [3.63, 3.8) is 0 Å². The molecule has 3 nitrogen and oxygen atoms in total. The number of aryl methyl sites for hydroxylation is 1. The van der Waals surface area contributed by atoms with Crippen molar-refractivity contribution in [2.75, 3.05) is 38.1 Å². The number of rotatable bonds is 3. The van der Waals surface area contributed by atoms with Crippen LogP contribution >= 0.6 is 15.9 Å². The van der Waals surface area contributed by atoms with Crippen LogP contribution in [0.25, 0.3) is 0 Å². The fourth-order valence-electron chi connectivity index (χ4n) is 2.74. The second kappa shape index (κ2) is 6.73. The van der Waals surface area contributed by atoms with Crippen molar-refractivity contribution < 1.29 is 0 Å². The number of likely N-dealkylation sites (N-methyl/N-ethyl adjacent to an activating group) is 1. The maximum atomic E-state index is 5.75. The predicted molar refractivity (Wildman–Crippen MR) is 85.8 cm³/mol. The molecule has 0 bridgehead atoms. The topological polar surface area (TPSA) is 32.5 Å². The molecule has 0 saturated carbocycles. The predicted octanol–water partition coefficient (Wildman–Crippen LogP) is 2.62. The van der Waals surface area contributed by atoms with Crippen LogP contribution in [-0.2, 0) is 0 Å². The number of halogens is 1. The average Bonchev–Trinajstić information content (AvgIpc) is 2.56. The molecule has 1 aromatic rings. The first kappa shape index (κ1) is 14.8. The Morgan fingerprint density at radius 2 is 2.16 bits per heavy atom. The largest absolute Gasteiger partial charge is 0.370 e. The molecule has 1 aliphatic rings. The van der Waals surface area contributed by atoms with E-state index in [2.05, 4.69) is 57.9 Å². The highest BCUT2D eigenvalue weighted by Gasteiger charge is 2.22. The first-order valence-electron chi connectivity index (χ1n) is 7.03. The quantitative estimate of drug-likeness (QED) is 0.927. The standard InChI is InChI=1S/C15H24BrN3/c1-12-10-13(4-5-15(12)16)19-9-3-8-18(2)14(11-19)6-7-17/h4-5,10,14H,3,6-9,11,17H2,1-2H3. The molecule has 0 amide bonds. The smallest absolute Gasteiger partial charge is 0.0370 e. The molecular formula is C15H24BrN3. The van der Waals surface area contributed by atoms with Gasteiger partial charge < -0.3 is 15.5 Å². The number of benzene rings is 1. The van der Waals surface area contributed by atoms with Crippen molar-refractivity contribution in [2.24, 2.45) is 5.73 Å². The minimum absolute atomic E-state index is 0.566. The van der Waals surface area contributed by atoms with Crippen molar-refractivity contribution in [3.8, 4) is 0 Å². The lowest BCUT2D eigenvalue weighted by molar-refractivity contribution is 0.251. The molecule has 106 valence electrons. The Bertz CT molecular complexity index is 422. The zero-order valence-corrected chi connectivity index (χ0v) is 13.5. The number of anilines is 1. The fraction of sp³-hybridized carbons (Fsp3) is 0.600. The Morgan fingerprint density at radius 1 is 1.37 bits per heavy atom. The van der Waals surface area contributed by atoms with Crippen LogP contribution in [0.3, 0.4) is 0 Å². The molecule has 0 aliphatic carbocycles. The summed E-state index contributed by atoms with van der Waals surface area (Å²) in [4.78, 5) is 4.96. The number of hydrogen-bond acceptors (Lipinski definition) is 3. The molecule has 1 heterocycles. The van der Waals surface area contributed by atoms with Crippen molar-refractivity contribution in [3.05, 3.63) is 28.2 Å². The Hall–Kier alpha value is -0.580. The summed E-state index contributed by atoms with van der Waals surface area (Å²) in [7, 11) is 2.22. The van der Waals surface area contributed by atoms with Gasteiger partial charge in [-0.1, -0.05) is 15.9 Å². The van der Waals surface area contributed by atoms with Gasteiger partial charge in [-0.2, -0.15) is 0 Å². The van der Waals surface area contributed by atoms with Crippen LogP contribution < -0.4 is 10.6 Å². The Labute approximate surface area is 124 Å². The van der Waals surface area contributed by atoms with Gasteiger partial charge in [0.2, 0.25) is 0 Å². The van der Waals surface area contributed by atoms with E-state index in [0.29, 0.717) is 6.04 Å². The molecule has 0 aromatic heterocycles. The molecule has 0 radical (unpaired) electrons. The molecule has 19 heavy (non-hydrogen) atoms. The third-order valence-corrected chi connectivity index (χ3v) is 4.89. The van der Waals surface area contributed by atoms with E-state index < -0.39 is 0 Å². The zero-order valence-electron chi connectivity index (χ0n) is 11.9. The summed E-state index contributed by atoms with van der Waals surface area (Å²) in [6.45, 7) is 6.29. The van der Waals surface area contributed by atoms with E-state index in [1.54, 1.807) is 0 Å². The molecule has 1 fully saturated rings. The van der Waals surface area contributed by atoms with Gasteiger partial charge in [-0.25, -0.2) is 0 Å². The van der Waals surface area contributed by atoms with Crippen molar-refractivity contribution in [1.82, 2.24) is 4.90 Å². The van der Waals surface area contributed by atoms with Gasteiger partial charge in [0.05, 0.1) is 0 Å². The maximum absolute atomic E-state index is 5.75. The van der Waals surface area contributed by atoms with Gasteiger partial charge >= 0.3 is 0 Å². The van der Waals surface area contributed by atoms with Crippen LogP contribution in [0.4, 0.5) is 5.69 Å². The molecule has 0 spiro atoms. The van der Waals surface area contributed by atoms with Gasteiger partial charge in [-0.05, 0) is 63.7 Å². The number of nitrogens with zero attached hydrogens (tertiary/aromatic N) is 2. The van der Waals surface area contributed by atoms with Crippen LogP contribution in [-0.4, -0.2) is 44.2 Å². The van der Waals surface area contributed by atoms with Crippen LogP contribution in [0, 0.1) is 6.92 Å².